The number of nitrogen functional groups attached to an aromatic ring is 1. The molecular weight excluding hydrogens is 471 g/mol. The molecule has 176 valence electrons. The van der Waals surface area contributed by atoms with E-state index in [2.05, 4.69) is 10.2 Å². The summed E-state index contributed by atoms with van der Waals surface area (Å²) < 4.78 is 70.5. The number of ketones is 1. The second kappa shape index (κ2) is 7.22. The Bertz CT molecular complexity index is 1120. The molecule has 0 spiro atoms. The van der Waals surface area contributed by atoms with Gasteiger partial charge in [-0.15, -0.1) is 10.2 Å². The number of aromatic nitrogens is 2. The van der Waals surface area contributed by atoms with Crippen molar-refractivity contribution in [2.24, 2.45) is 5.41 Å². The number of sulfonamides is 1. The van der Waals surface area contributed by atoms with Crippen LogP contribution in [0.15, 0.2) is 15.6 Å². The lowest BCUT2D eigenvalue weighted by atomic mass is 9.72. The van der Waals surface area contributed by atoms with Gasteiger partial charge in [0.15, 0.2) is 5.78 Å². The van der Waals surface area contributed by atoms with Gasteiger partial charge in [-0.25, -0.2) is 8.42 Å². The van der Waals surface area contributed by atoms with Crippen molar-refractivity contribution in [2.45, 2.75) is 74.5 Å². The third-order valence-electron chi connectivity index (χ3n) is 6.11. The van der Waals surface area contributed by atoms with E-state index in [-0.39, 0.29) is 23.7 Å². The molecule has 32 heavy (non-hydrogen) atoms. The molecule has 3 aliphatic rings. The zero-order valence-corrected chi connectivity index (χ0v) is 19.0. The van der Waals surface area contributed by atoms with Crippen LogP contribution in [0.1, 0.15) is 52.4 Å². The maximum absolute atomic E-state index is 14.7. The minimum atomic E-state index is -5.42. The molecule has 3 N–H and O–H groups in total. The van der Waals surface area contributed by atoms with Gasteiger partial charge in [0.2, 0.25) is 15.0 Å². The summed E-state index contributed by atoms with van der Waals surface area (Å²) >= 11 is 0.356. The minimum Gasteiger partial charge on any atom is -0.374 e. The molecule has 0 radical (unpaired) electrons. The highest BCUT2D eigenvalue weighted by Gasteiger charge is 2.73. The molecule has 14 heteroatoms. The van der Waals surface area contributed by atoms with Gasteiger partial charge in [0.25, 0.3) is 15.9 Å². The number of amides is 1. The number of nitrogens with one attached hydrogen (secondary N) is 1. The molecule has 0 aromatic carbocycles. The van der Waals surface area contributed by atoms with Gasteiger partial charge in [0.1, 0.15) is 0 Å². The van der Waals surface area contributed by atoms with Crippen molar-refractivity contribution in [3.63, 3.8) is 0 Å². The van der Waals surface area contributed by atoms with E-state index in [1.807, 2.05) is 0 Å². The molecule has 1 unspecified atom stereocenters. The molecule has 1 atom stereocenters. The van der Waals surface area contributed by atoms with Crippen molar-refractivity contribution in [3.05, 3.63) is 11.3 Å². The number of hydrogen-bond acceptors (Lipinski definition) is 8. The first kappa shape index (κ1) is 23.1. The molecule has 1 saturated carbocycles. The topological polar surface area (TPSA) is 135 Å². The highest BCUT2D eigenvalue weighted by Crippen LogP contribution is 2.53. The summed E-state index contributed by atoms with van der Waals surface area (Å²) in [6.45, 7) is 3.46. The number of nitrogens with zero attached hydrogens (tertiary/aromatic N) is 3. The van der Waals surface area contributed by atoms with E-state index < -0.39 is 54.8 Å². The number of halogens is 3. The number of allylic oxidation sites excluding steroid dienone is 1. The van der Waals surface area contributed by atoms with Crippen molar-refractivity contribution in [1.29, 1.82) is 0 Å². The molecule has 0 bridgehead atoms. The molecule has 1 amide bonds. The summed E-state index contributed by atoms with van der Waals surface area (Å²) in [5.41, 5.74) is 0.108. The average Bonchev–Trinajstić information content (AvgIpc) is 3.34. The van der Waals surface area contributed by atoms with E-state index in [0.29, 0.717) is 24.2 Å². The van der Waals surface area contributed by atoms with Crippen LogP contribution in [-0.4, -0.2) is 53.0 Å². The minimum absolute atomic E-state index is 0.0417. The number of alkyl halides is 3. The molecular formula is C18H22F3N5O4S2. The SMILES string of the molecule is CC1(C)CC(=O)C2=C(C1)N(C1CCCC1)C(=O)C2(NS(=O)(=O)c1nnc(N)s1)C(F)(F)F. The zero-order chi connectivity index (χ0) is 23.7. The summed E-state index contributed by atoms with van der Waals surface area (Å²) in [5, 5.41) is 6.37. The van der Waals surface area contributed by atoms with Crippen LogP contribution >= 0.6 is 11.3 Å². The van der Waals surface area contributed by atoms with Crippen molar-refractivity contribution < 1.29 is 31.2 Å². The quantitative estimate of drug-likeness (QED) is 0.656. The van der Waals surface area contributed by atoms with E-state index in [1.54, 1.807) is 13.8 Å². The van der Waals surface area contributed by atoms with Crippen LogP contribution in [0.5, 0.6) is 0 Å². The second-order valence-corrected chi connectivity index (χ2v) is 12.0. The Morgan fingerprint density at radius 3 is 2.31 bits per heavy atom. The summed E-state index contributed by atoms with van der Waals surface area (Å²) in [6, 6.07) is -0.528. The van der Waals surface area contributed by atoms with Crippen LogP contribution in [-0.2, 0) is 19.6 Å². The molecule has 1 aliphatic heterocycles. The number of rotatable bonds is 4. The largest absolute Gasteiger partial charge is 0.421 e. The van der Waals surface area contributed by atoms with Crippen LogP contribution in [0.25, 0.3) is 0 Å². The summed E-state index contributed by atoms with van der Waals surface area (Å²) in [7, 11) is -4.99. The van der Waals surface area contributed by atoms with Gasteiger partial charge in [-0.3, -0.25) is 9.59 Å². The monoisotopic (exact) mass is 493 g/mol. The molecule has 1 aromatic rings. The summed E-state index contributed by atoms with van der Waals surface area (Å²) in [5.74, 6) is -2.39. The maximum atomic E-state index is 14.7. The van der Waals surface area contributed by atoms with Gasteiger partial charge in [-0.05, 0) is 24.7 Å². The molecule has 1 aromatic heterocycles. The number of Topliss-reactive ketones (excluding diaryl/α,β-unsaturated/α-hetero) is 1. The maximum Gasteiger partial charge on any atom is 0.421 e. The lowest BCUT2D eigenvalue weighted by Crippen LogP contribution is -2.66. The van der Waals surface area contributed by atoms with E-state index in [0.717, 1.165) is 17.7 Å². The summed E-state index contributed by atoms with van der Waals surface area (Å²) in [4.78, 5) is 27.6. The average molecular weight is 494 g/mol. The first-order chi connectivity index (χ1) is 14.7. The number of carbonyl (C=O) groups excluding carboxylic acids is 2. The Kier molecular flexibility index (Phi) is 5.21. The Labute approximate surface area is 186 Å². The van der Waals surface area contributed by atoms with Crippen LogP contribution in [0, 0.1) is 5.41 Å². The number of nitrogens with two attached hydrogens (primary N) is 1. The Balaban J connectivity index is 1.94. The zero-order valence-electron chi connectivity index (χ0n) is 17.3. The fourth-order valence-electron chi connectivity index (χ4n) is 4.87. The number of carbonyl (C=O) groups is 2. The number of anilines is 1. The van der Waals surface area contributed by atoms with E-state index in [9.17, 15) is 31.2 Å². The van der Waals surface area contributed by atoms with Gasteiger partial charge in [0.05, 0.1) is 5.57 Å². The van der Waals surface area contributed by atoms with Crippen LogP contribution in [0.4, 0.5) is 18.3 Å². The highest BCUT2D eigenvalue weighted by molar-refractivity contribution is 7.91. The van der Waals surface area contributed by atoms with Crippen molar-refractivity contribution in [2.75, 3.05) is 5.73 Å². The van der Waals surface area contributed by atoms with E-state index >= 15 is 0 Å². The Hall–Kier alpha value is -2.06. The standard InChI is InChI=1S/C18H22F3N5O4S2/c1-16(2)7-10-12(11(27)8-16)17(18(19,20)21,13(28)26(10)9-5-3-4-6-9)25-32(29,30)15-24-23-14(22)31-15/h9,25H,3-8H2,1-2H3,(H2,22,23). The van der Waals surface area contributed by atoms with E-state index in [1.165, 1.54) is 4.72 Å². The molecule has 9 nitrogen and oxygen atoms in total. The van der Waals surface area contributed by atoms with Gasteiger partial charge >= 0.3 is 6.18 Å². The predicted molar refractivity (Wildman–Crippen MR) is 108 cm³/mol. The first-order valence-electron chi connectivity index (χ1n) is 10.00. The van der Waals surface area contributed by atoms with Crippen LogP contribution in [0.2, 0.25) is 0 Å². The normalized spacial score (nSPS) is 26.8. The molecule has 0 saturated heterocycles. The number of hydrogen-bond donors (Lipinski definition) is 2. The predicted octanol–water partition coefficient (Wildman–Crippen LogP) is 2.13. The van der Waals surface area contributed by atoms with Gasteiger partial charge in [-0.2, -0.15) is 17.9 Å². The molecule has 4 rings (SSSR count). The first-order valence-corrected chi connectivity index (χ1v) is 12.3. The fourth-order valence-corrected chi connectivity index (χ4v) is 6.97. The molecule has 2 aliphatic carbocycles. The lowest BCUT2D eigenvalue weighted by molar-refractivity contribution is -0.189. The summed E-state index contributed by atoms with van der Waals surface area (Å²) in [6.07, 6.45) is -3.22. The fraction of sp³-hybridized carbons (Fsp3) is 0.667. The van der Waals surface area contributed by atoms with Crippen LogP contribution in [0.3, 0.4) is 0 Å². The second-order valence-electron chi connectivity index (χ2n) is 9.14. The van der Waals surface area contributed by atoms with Crippen molar-refractivity contribution in [1.82, 2.24) is 19.8 Å². The molecule has 1 fully saturated rings. The smallest absolute Gasteiger partial charge is 0.374 e. The van der Waals surface area contributed by atoms with Crippen molar-refractivity contribution >= 4 is 38.2 Å². The Morgan fingerprint density at radius 2 is 1.78 bits per heavy atom. The van der Waals surface area contributed by atoms with Gasteiger partial charge in [-0.1, -0.05) is 38.0 Å². The highest BCUT2D eigenvalue weighted by atomic mass is 32.2. The third kappa shape index (κ3) is 3.43. The Morgan fingerprint density at radius 1 is 1.16 bits per heavy atom. The van der Waals surface area contributed by atoms with Crippen molar-refractivity contribution in [3.8, 4) is 0 Å². The molecule has 2 heterocycles. The van der Waals surface area contributed by atoms with E-state index in [4.69, 9.17) is 5.73 Å². The third-order valence-corrected chi connectivity index (χ3v) is 8.68. The lowest BCUT2D eigenvalue weighted by Gasteiger charge is -2.35. The van der Waals surface area contributed by atoms with Gasteiger partial charge < -0.3 is 10.6 Å². The van der Waals surface area contributed by atoms with Crippen LogP contribution < -0.4 is 10.5 Å². The van der Waals surface area contributed by atoms with Gasteiger partial charge in [0, 0.05) is 18.2 Å².